The fourth-order valence-electron chi connectivity index (χ4n) is 1.58. The molecule has 0 radical (unpaired) electrons. The highest BCUT2D eigenvalue weighted by atomic mass is 16.5. The van der Waals surface area contributed by atoms with E-state index in [2.05, 4.69) is 0 Å². The van der Waals surface area contributed by atoms with E-state index in [4.69, 9.17) is 9.47 Å². The number of hydrogen-bond donors (Lipinski definition) is 0. The molecule has 1 aliphatic rings. The zero-order valence-corrected chi connectivity index (χ0v) is 10.3. The van der Waals surface area contributed by atoms with E-state index >= 15 is 0 Å². The smallest absolute Gasteiger partial charge is 0.379 e. The Morgan fingerprint density at radius 1 is 1.28 bits per heavy atom. The molecular weight excluding hydrogens is 232 g/mol. The second-order valence-electron chi connectivity index (χ2n) is 4.30. The lowest BCUT2D eigenvalue weighted by Crippen LogP contribution is -2.18. The number of esters is 1. The lowest BCUT2D eigenvalue weighted by molar-refractivity contribution is -0.137. The highest BCUT2D eigenvalue weighted by Crippen LogP contribution is 2.30. The quantitative estimate of drug-likeness (QED) is 0.440. The van der Waals surface area contributed by atoms with Crippen LogP contribution < -0.4 is 4.74 Å². The Bertz CT molecular complexity index is 449. The normalized spacial score (nSPS) is 14.1. The van der Waals surface area contributed by atoms with E-state index in [0.29, 0.717) is 18.3 Å². The van der Waals surface area contributed by atoms with Crippen LogP contribution in [0.4, 0.5) is 0 Å². The molecule has 0 aromatic heterocycles. The highest BCUT2D eigenvalue weighted by molar-refractivity contribution is 6.41. The molecule has 0 atom stereocenters. The summed E-state index contributed by atoms with van der Waals surface area (Å²) in [7, 11) is 0. The zero-order valence-electron chi connectivity index (χ0n) is 10.3. The summed E-state index contributed by atoms with van der Waals surface area (Å²) in [5.74, 6) is -0.429. The molecule has 0 heterocycles. The SMILES string of the molecule is CCOC(=O)C(=O)c1ccccc1OCC1CC1. The highest BCUT2D eigenvalue weighted by Gasteiger charge is 2.25. The number of carbonyl (C=O) groups excluding carboxylic acids is 2. The summed E-state index contributed by atoms with van der Waals surface area (Å²) in [6, 6.07) is 6.77. The van der Waals surface area contributed by atoms with Gasteiger partial charge in [0.1, 0.15) is 5.75 Å². The van der Waals surface area contributed by atoms with Gasteiger partial charge in [-0.05, 0) is 37.8 Å². The van der Waals surface area contributed by atoms with Gasteiger partial charge in [0.2, 0.25) is 0 Å². The van der Waals surface area contributed by atoms with E-state index in [9.17, 15) is 9.59 Å². The summed E-state index contributed by atoms with van der Waals surface area (Å²) in [4.78, 5) is 23.3. The standard InChI is InChI=1S/C14H16O4/c1-2-17-14(16)13(15)11-5-3-4-6-12(11)18-9-10-7-8-10/h3-6,10H,2,7-9H2,1H3. The number of benzene rings is 1. The number of rotatable bonds is 6. The zero-order chi connectivity index (χ0) is 13.0. The molecule has 0 saturated heterocycles. The van der Waals surface area contributed by atoms with Crippen molar-refractivity contribution in [2.45, 2.75) is 19.8 Å². The molecular formula is C14H16O4. The van der Waals surface area contributed by atoms with Crippen molar-refractivity contribution in [1.29, 1.82) is 0 Å². The van der Waals surface area contributed by atoms with Gasteiger partial charge in [0.05, 0.1) is 18.8 Å². The molecule has 0 amide bonds. The minimum atomic E-state index is -0.833. The third-order valence-corrected chi connectivity index (χ3v) is 2.76. The Morgan fingerprint density at radius 2 is 2.00 bits per heavy atom. The van der Waals surface area contributed by atoms with E-state index < -0.39 is 11.8 Å². The molecule has 4 heteroatoms. The van der Waals surface area contributed by atoms with Crippen molar-refractivity contribution in [1.82, 2.24) is 0 Å². The average molecular weight is 248 g/mol. The summed E-state index contributed by atoms with van der Waals surface area (Å²) in [5, 5.41) is 0. The Kier molecular flexibility index (Phi) is 3.97. The van der Waals surface area contributed by atoms with Gasteiger partial charge in [-0.3, -0.25) is 4.79 Å². The maximum atomic E-state index is 11.9. The first kappa shape index (κ1) is 12.6. The first-order chi connectivity index (χ1) is 8.72. The second-order valence-corrected chi connectivity index (χ2v) is 4.30. The van der Waals surface area contributed by atoms with Crippen LogP contribution in [0.1, 0.15) is 30.1 Å². The fraction of sp³-hybridized carbons (Fsp3) is 0.429. The van der Waals surface area contributed by atoms with Crippen molar-refractivity contribution in [3.8, 4) is 5.75 Å². The number of ketones is 1. The van der Waals surface area contributed by atoms with Gasteiger partial charge in [-0.1, -0.05) is 12.1 Å². The topological polar surface area (TPSA) is 52.6 Å². The van der Waals surface area contributed by atoms with Gasteiger partial charge in [-0.15, -0.1) is 0 Å². The molecule has 96 valence electrons. The molecule has 1 aliphatic carbocycles. The summed E-state index contributed by atoms with van der Waals surface area (Å²) < 4.78 is 10.3. The number of Topliss-reactive ketones (excluding diaryl/α,β-unsaturated/α-hetero) is 1. The molecule has 0 spiro atoms. The predicted octanol–water partition coefficient (Wildman–Crippen LogP) is 2.22. The Labute approximate surface area is 106 Å². The summed E-state index contributed by atoms with van der Waals surface area (Å²) >= 11 is 0. The summed E-state index contributed by atoms with van der Waals surface area (Å²) in [5.41, 5.74) is 0.275. The molecule has 1 aromatic carbocycles. The lowest BCUT2D eigenvalue weighted by atomic mass is 10.1. The van der Waals surface area contributed by atoms with Crippen LogP contribution in [-0.4, -0.2) is 25.0 Å². The van der Waals surface area contributed by atoms with Gasteiger partial charge in [0, 0.05) is 0 Å². The monoisotopic (exact) mass is 248 g/mol. The fourth-order valence-corrected chi connectivity index (χ4v) is 1.58. The third kappa shape index (κ3) is 3.09. The Morgan fingerprint density at radius 3 is 2.67 bits per heavy atom. The molecule has 0 aliphatic heterocycles. The van der Waals surface area contributed by atoms with Gasteiger partial charge in [0.15, 0.2) is 0 Å². The number of hydrogen-bond acceptors (Lipinski definition) is 4. The molecule has 0 unspecified atom stereocenters. The van der Waals surface area contributed by atoms with Crippen LogP contribution in [0.5, 0.6) is 5.75 Å². The Hall–Kier alpha value is -1.84. The molecule has 1 saturated carbocycles. The molecule has 0 bridgehead atoms. The molecule has 2 rings (SSSR count). The van der Waals surface area contributed by atoms with Crippen molar-refractivity contribution in [3.05, 3.63) is 29.8 Å². The maximum absolute atomic E-state index is 11.9. The molecule has 4 nitrogen and oxygen atoms in total. The van der Waals surface area contributed by atoms with Crippen molar-refractivity contribution in [2.75, 3.05) is 13.2 Å². The van der Waals surface area contributed by atoms with Crippen LogP contribution in [0, 0.1) is 5.92 Å². The van der Waals surface area contributed by atoms with E-state index in [1.807, 2.05) is 0 Å². The van der Waals surface area contributed by atoms with Crippen LogP contribution in [0.2, 0.25) is 0 Å². The average Bonchev–Trinajstić information content (AvgIpc) is 3.20. The third-order valence-electron chi connectivity index (χ3n) is 2.76. The van der Waals surface area contributed by atoms with Gasteiger partial charge in [-0.2, -0.15) is 0 Å². The second kappa shape index (κ2) is 5.67. The van der Waals surface area contributed by atoms with Gasteiger partial charge in [-0.25, -0.2) is 4.79 Å². The summed E-state index contributed by atoms with van der Waals surface area (Å²) in [6.07, 6.45) is 2.35. The van der Waals surface area contributed by atoms with E-state index in [-0.39, 0.29) is 12.2 Å². The van der Waals surface area contributed by atoms with Crippen molar-refractivity contribution in [2.24, 2.45) is 5.92 Å². The van der Waals surface area contributed by atoms with Crippen LogP contribution in [0.25, 0.3) is 0 Å². The van der Waals surface area contributed by atoms with Crippen LogP contribution >= 0.6 is 0 Å². The lowest BCUT2D eigenvalue weighted by Gasteiger charge is -2.09. The van der Waals surface area contributed by atoms with E-state index in [1.54, 1.807) is 31.2 Å². The minimum Gasteiger partial charge on any atom is -0.493 e. The van der Waals surface area contributed by atoms with Gasteiger partial charge < -0.3 is 9.47 Å². The molecule has 0 N–H and O–H groups in total. The Balaban J connectivity index is 2.09. The number of ether oxygens (including phenoxy) is 2. The van der Waals surface area contributed by atoms with Crippen molar-refractivity contribution < 1.29 is 19.1 Å². The molecule has 1 aromatic rings. The van der Waals surface area contributed by atoms with Crippen LogP contribution in [0.3, 0.4) is 0 Å². The van der Waals surface area contributed by atoms with Gasteiger partial charge in [0.25, 0.3) is 5.78 Å². The largest absolute Gasteiger partial charge is 0.493 e. The van der Waals surface area contributed by atoms with E-state index in [1.165, 1.54) is 12.8 Å². The van der Waals surface area contributed by atoms with Crippen molar-refractivity contribution >= 4 is 11.8 Å². The molecule has 1 fully saturated rings. The number of carbonyl (C=O) groups is 2. The first-order valence-electron chi connectivity index (χ1n) is 6.15. The van der Waals surface area contributed by atoms with Crippen LogP contribution in [-0.2, 0) is 9.53 Å². The van der Waals surface area contributed by atoms with Crippen LogP contribution in [0.15, 0.2) is 24.3 Å². The number of para-hydroxylation sites is 1. The minimum absolute atomic E-state index is 0.190. The summed E-state index contributed by atoms with van der Waals surface area (Å²) in [6.45, 7) is 2.46. The van der Waals surface area contributed by atoms with Gasteiger partial charge >= 0.3 is 5.97 Å². The predicted molar refractivity (Wildman–Crippen MR) is 65.6 cm³/mol. The van der Waals surface area contributed by atoms with E-state index in [0.717, 1.165) is 0 Å². The maximum Gasteiger partial charge on any atom is 0.379 e. The van der Waals surface area contributed by atoms with Crippen molar-refractivity contribution in [3.63, 3.8) is 0 Å². The molecule has 18 heavy (non-hydrogen) atoms. The first-order valence-corrected chi connectivity index (χ1v) is 6.15.